The molecule has 0 fully saturated rings. The number of aryl methyl sites for hydroxylation is 5. The van der Waals surface area contributed by atoms with Gasteiger partial charge in [0.15, 0.2) is 0 Å². The van der Waals surface area contributed by atoms with E-state index >= 15 is 0 Å². The van der Waals surface area contributed by atoms with Gasteiger partial charge in [-0.15, -0.1) is 0 Å². The Morgan fingerprint density at radius 2 is 1.64 bits per heavy atom. The Balaban J connectivity index is 1.83. The fraction of sp³-hybridized carbons (Fsp3) is 0.385. The van der Waals surface area contributed by atoms with Crippen molar-refractivity contribution in [3.05, 3.63) is 75.5 Å². The van der Waals surface area contributed by atoms with Crippen LogP contribution in [0.5, 0.6) is 0 Å². The molecule has 1 aliphatic rings. The first kappa shape index (κ1) is 18.9. The third-order valence-corrected chi connectivity index (χ3v) is 5.81. The molecular weight excluding hydrogens is 342 g/mol. The van der Waals surface area contributed by atoms with E-state index in [1.54, 1.807) is 0 Å². The SMILES string of the molecule is CCCCCc1cc(C)c(N2c3ccc(C)cc3Cc3cc(C)oc32)c(C)c1. The highest BCUT2D eigenvalue weighted by molar-refractivity contribution is 5.84. The van der Waals surface area contributed by atoms with Gasteiger partial charge in [-0.2, -0.15) is 0 Å². The molecule has 0 radical (unpaired) electrons. The molecule has 28 heavy (non-hydrogen) atoms. The highest BCUT2D eigenvalue weighted by atomic mass is 16.4. The predicted octanol–water partition coefficient (Wildman–Crippen LogP) is 7.62. The van der Waals surface area contributed by atoms with Gasteiger partial charge < -0.3 is 4.42 Å². The van der Waals surface area contributed by atoms with Crippen molar-refractivity contribution in [2.75, 3.05) is 4.90 Å². The maximum Gasteiger partial charge on any atom is 0.208 e. The maximum absolute atomic E-state index is 6.21. The van der Waals surface area contributed by atoms with Gasteiger partial charge >= 0.3 is 0 Å². The van der Waals surface area contributed by atoms with Gasteiger partial charge in [-0.05, 0) is 74.9 Å². The topological polar surface area (TPSA) is 16.4 Å². The lowest BCUT2D eigenvalue weighted by Crippen LogP contribution is -2.19. The Hall–Kier alpha value is -2.48. The molecule has 0 unspecified atom stereocenters. The van der Waals surface area contributed by atoms with Gasteiger partial charge in [-0.3, -0.25) is 4.90 Å². The second-order valence-electron chi connectivity index (χ2n) is 8.37. The first-order valence-corrected chi connectivity index (χ1v) is 10.6. The summed E-state index contributed by atoms with van der Waals surface area (Å²) in [6.45, 7) is 11.0. The molecule has 0 saturated carbocycles. The van der Waals surface area contributed by atoms with Crippen molar-refractivity contribution in [2.24, 2.45) is 0 Å². The molecule has 0 amide bonds. The number of hydrogen-bond donors (Lipinski definition) is 0. The minimum atomic E-state index is 0.938. The van der Waals surface area contributed by atoms with E-state index in [4.69, 9.17) is 4.42 Å². The molecule has 1 aromatic heterocycles. The van der Waals surface area contributed by atoms with E-state index in [1.807, 2.05) is 6.92 Å². The van der Waals surface area contributed by atoms with Crippen LogP contribution in [0.15, 0.2) is 40.8 Å². The molecule has 0 N–H and O–H groups in total. The molecule has 3 aromatic rings. The molecule has 1 aliphatic heterocycles. The van der Waals surface area contributed by atoms with Gasteiger partial charge in [-0.1, -0.05) is 49.6 Å². The Labute approximate surface area is 169 Å². The number of benzene rings is 2. The molecule has 0 aliphatic carbocycles. The van der Waals surface area contributed by atoms with Crippen molar-refractivity contribution in [1.29, 1.82) is 0 Å². The third-order valence-electron chi connectivity index (χ3n) is 5.81. The average Bonchev–Trinajstić information content (AvgIpc) is 3.00. The number of fused-ring (bicyclic) bond motifs is 2. The summed E-state index contributed by atoms with van der Waals surface area (Å²) < 4.78 is 6.21. The van der Waals surface area contributed by atoms with Gasteiger partial charge in [0, 0.05) is 12.0 Å². The highest BCUT2D eigenvalue weighted by Crippen LogP contribution is 2.47. The summed E-state index contributed by atoms with van der Waals surface area (Å²) in [5, 5.41) is 0. The fourth-order valence-corrected chi connectivity index (χ4v) is 4.60. The van der Waals surface area contributed by atoms with E-state index in [2.05, 4.69) is 69.0 Å². The van der Waals surface area contributed by atoms with E-state index in [-0.39, 0.29) is 0 Å². The van der Waals surface area contributed by atoms with Crippen molar-refractivity contribution in [3.8, 4) is 0 Å². The minimum Gasteiger partial charge on any atom is -0.445 e. The van der Waals surface area contributed by atoms with E-state index in [9.17, 15) is 0 Å². The highest BCUT2D eigenvalue weighted by Gasteiger charge is 2.29. The summed E-state index contributed by atoms with van der Waals surface area (Å²) in [5.74, 6) is 1.96. The van der Waals surface area contributed by atoms with Crippen molar-refractivity contribution < 1.29 is 4.42 Å². The predicted molar refractivity (Wildman–Crippen MR) is 118 cm³/mol. The fourth-order valence-electron chi connectivity index (χ4n) is 4.60. The van der Waals surface area contributed by atoms with Crippen molar-refractivity contribution in [1.82, 2.24) is 0 Å². The monoisotopic (exact) mass is 373 g/mol. The minimum absolute atomic E-state index is 0.938. The first-order valence-electron chi connectivity index (χ1n) is 10.6. The molecule has 2 aromatic carbocycles. The van der Waals surface area contributed by atoms with Crippen LogP contribution in [0.4, 0.5) is 17.3 Å². The zero-order valence-corrected chi connectivity index (χ0v) is 17.9. The molecule has 146 valence electrons. The normalized spacial score (nSPS) is 12.8. The smallest absolute Gasteiger partial charge is 0.208 e. The van der Waals surface area contributed by atoms with Crippen LogP contribution in [0.1, 0.15) is 65.3 Å². The summed E-state index contributed by atoms with van der Waals surface area (Å²) >= 11 is 0. The summed E-state index contributed by atoms with van der Waals surface area (Å²) in [6.07, 6.45) is 5.93. The van der Waals surface area contributed by atoms with Crippen LogP contribution in [-0.4, -0.2) is 0 Å². The number of anilines is 3. The third kappa shape index (κ3) is 3.37. The summed E-state index contributed by atoms with van der Waals surface area (Å²) in [6, 6.07) is 13.7. The number of nitrogens with zero attached hydrogens (tertiary/aromatic N) is 1. The number of unbranched alkanes of at least 4 members (excludes halogenated alkanes) is 2. The van der Waals surface area contributed by atoms with Crippen LogP contribution in [0.3, 0.4) is 0 Å². The van der Waals surface area contributed by atoms with Gasteiger partial charge in [0.2, 0.25) is 5.88 Å². The van der Waals surface area contributed by atoms with Crippen LogP contribution in [0.2, 0.25) is 0 Å². The Morgan fingerprint density at radius 3 is 2.36 bits per heavy atom. The van der Waals surface area contributed by atoms with Crippen molar-refractivity contribution >= 4 is 17.3 Å². The van der Waals surface area contributed by atoms with E-state index in [0.29, 0.717) is 0 Å². The van der Waals surface area contributed by atoms with Crippen LogP contribution in [0.25, 0.3) is 0 Å². The van der Waals surface area contributed by atoms with Gasteiger partial charge in [0.1, 0.15) is 5.76 Å². The second kappa shape index (κ2) is 7.50. The molecular formula is C26H31NO. The molecule has 4 rings (SSSR count). The Bertz CT molecular complexity index is 988. The quantitative estimate of drug-likeness (QED) is 0.334. The summed E-state index contributed by atoms with van der Waals surface area (Å²) in [5.41, 5.74) is 10.6. The van der Waals surface area contributed by atoms with Gasteiger partial charge in [0.05, 0.1) is 11.4 Å². The number of rotatable bonds is 5. The molecule has 2 heteroatoms. The van der Waals surface area contributed by atoms with Crippen molar-refractivity contribution in [2.45, 2.75) is 66.7 Å². The van der Waals surface area contributed by atoms with Gasteiger partial charge in [-0.25, -0.2) is 0 Å². The summed E-state index contributed by atoms with van der Waals surface area (Å²) in [7, 11) is 0. The lowest BCUT2D eigenvalue weighted by atomic mass is 9.94. The number of furan rings is 1. The molecule has 0 atom stereocenters. The Morgan fingerprint density at radius 1 is 0.893 bits per heavy atom. The molecule has 0 spiro atoms. The average molecular weight is 374 g/mol. The zero-order valence-electron chi connectivity index (χ0n) is 17.9. The van der Waals surface area contributed by atoms with Crippen LogP contribution in [0, 0.1) is 27.7 Å². The van der Waals surface area contributed by atoms with Crippen LogP contribution >= 0.6 is 0 Å². The van der Waals surface area contributed by atoms with E-state index in [1.165, 1.54) is 64.0 Å². The van der Waals surface area contributed by atoms with E-state index < -0.39 is 0 Å². The summed E-state index contributed by atoms with van der Waals surface area (Å²) in [4.78, 5) is 2.35. The van der Waals surface area contributed by atoms with Gasteiger partial charge in [0.25, 0.3) is 0 Å². The lowest BCUT2D eigenvalue weighted by Gasteiger charge is -2.32. The standard InChI is InChI=1S/C26H31NO/c1-6-7-8-9-21-13-18(3)25(19(4)14-21)27-24-11-10-17(2)12-22(24)16-23-15-20(5)28-26(23)27/h10-15H,6-9,16H2,1-5H3. The van der Waals surface area contributed by atoms with E-state index in [0.717, 1.165) is 24.5 Å². The molecule has 0 saturated heterocycles. The molecule has 2 heterocycles. The number of hydrogen-bond acceptors (Lipinski definition) is 2. The van der Waals surface area contributed by atoms with Crippen LogP contribution in [-0.2, 0) is 12.8 Å². The second-order valence-corrected chi connectivity index (χ2v) is 8.37. The maximum atomic E-state index is 6.21. The zero-order chi connectivity index (χ0) is 19.8. The molecule has 2 nitrogen and oxygen atoms in total. The Kier molecular flexibility index (Phi) is 5.05. The first-order chi connectivity index (χ1) is 13.5. The molecule has 0 bridgehead atoms. The van der Waals surface area contributed by atoms with Crippen molar-refractivity contribution in [3.63, 3.8) is 0 Å². The van der Waals surface area contributed by atoms with Crippen LogP contribution < -0.4 is 4.90 Å². The largest absolute Gasteiger partial charge is 0.445 e. The lowest BCUT2D eigenvalue weighted by molar-refractivity contribution is 0.537.